The molecule has 0 aromatic carbocycles. The molecule has 0 saturated carbocycles. The topological polar surface area (TPSA) is 96.7 Å². The van der Waals surface area contributed by atoms with Crippen molar-refractivity contribution in [3.8, 4) is 0 Å². The van der Waals surface area contributed by atoms with Crippen molar-refractivity contribution in [1.29, 1.82) is 0 Å². The second-order valence-electron chi connectivity index (χ2n) is 5.85. The Morgan fingerprint density at radius 3 is 2.92 bits per heavy atom. The lowest BCUT2D eigenvalue weighted by Crippen LogP contribution is -2.50. The molecule has 1 aromatic rings. The van der Waals surface area contributed by atoms with Gasteiger partial charge in [-0.05, 0) is 25.5 Å². The monoisotopic (exact) mass is 400 g/mol. The summed E-state index contributed by atoms with van der Waals surface area (Å²) in [6.45, 7) is 1.57. The molecule has 0 radical (unpaired) electrons. The highest BCUT2D eigenvalue weighted by Gasteiger charge is 2.39. The lowest BCUT2D eigenvalue weighted by molar-refractivity contribution is -0.132. The van der Waals surface area contributed by atoms with Crippen LogP contribution in [0.2, 0.25) is 0 Å². The number of thiocarbonyl (C=S) groups is 1. The van der Waals surface area contributed by atoms with Gasteiger partial charge in [-0.2, -0.15) is 0 Å². The molecule has 2 fully saturated rings. The summed E-state index contributed by atoms with van der Waals surface area (Å²) in [5.41, 5.74) is 0. The minimum absolute atomic E-state index is 0.0672. The van der Waals surface area contributed by atoms with Gasteiger partial charge in [-0.1, -0.05) is 24.0 Å². The smallest absolute Gasteiger partial charge is 0.267 e. The molecule has 2 aliphatic rings. The molecule has 1 N–H and O–H groups in total. The molecule has 0 unspecified atom stereocenters. The van der Waals surface area contributed by atoms with E-state index in [0.717, 1.165) is 11.8 Å². The van der Waals surface area contributed by atoms with Crippen LogP contribution in [0.15, 0.2) is 27.7 Å². The fourth-order valence-corrected chi connectivity index (χ4v) is 5.74. The first kappa shape index (κ1) is 18.2. The Labute approximate surface area is 154 Å². The average molecular weight is 401 g/mol. The SMILES string of the molecule is C[C@@H](C(=O)N[C@H]1CCS(=O)(=O)C1)N1C(=O)/C(=C/c2ccco2)SC1=S. The van der Waals surface area contributed by atoms with Gasteiger partial charge in [0, 0.05) is 12.1 Å². The van der Waals surface area contributed by atoms with Crippen LogP contribution in [0.5, 0.6) is 0 Å². The average Bonchev–Trinajstić information content (AvgIpc) is 3.21. The molecule has 2 atom stereocenters. The van der Waals surface area contributed by atoms with Gasteiger partial charge in [0.05, 0.1) is 22.7 Å². The summed E-state index contributed by atoms with van der Waals surface area (Å²) in [7, 11) is -3.09. The second kappa shape index (κ2) is 6.93. The number of nitrogens with zero attached hydrogens (tertiary/aromatic N) is 1. The first-order chi connectivity index (χ1) is 11.8. The van der Waals surface area contributed by atoms with Crippen molar-refractivity contribution in [2.24, 2.45) is 0 Å². The van der Waals surface area contributed by atoms with E-state index in [1.54, 1.807) is 25.1 Å². The summed E-state index contributed by atoms with van der Waals surface area (Å²) in [6, 6.07) is 2.18. The van der Waals surface area contributed by atoms with Crippen LogP contribution in [-0.2, 0) is 19.4 Å². The predicted molar refractivity (Wildman–Crippen MR) is 98.4 cm³/mol. The van der Waals surface area contributed by atoms with E-state index in [1.807, 2.05) is 0 Å². The van der Waals surface area contributed by atoms with Crippen LogP contribution in [0.3, 0.4) is 0 Å². The normalized spacial score (nSPS) is 25.6. The van der Waals surface area contributed by atoms with Crippen LogP contribution in [0.1, 0.15) is 19.1 Å². The number of hydrogen-bond acceptors (Lipinski definition) is 7. The zero-order valence-electron chi connectivity index (χ0n) is 13.3. The third kappa shape index (κ3) is 3.96. The minimum atomic E-state index is -3.09. The maximum atomic E-state index is 12.6. The second-order valence-corrected chi connectivity index (χ2v) is 9.76. The molecule has 0 bridgehead atoms. The number of nitrogens with one attached hydrogen (secondary N) is 1. The van der Waals surface area contributed by atoms with E-state index in [-0.39, 0.29) is 21.7 Å². The highest BCUT2D eigenvalue weighted by molar-refractivity contribution is 8.26. The first-order valence-corrected chi connectivity index (χ1v) is 10.6. The van der Waals surface area contributed by atoms with Crippen molar-refractivity contribution in [2.45, 2.75) is 25.4 Å². The summed E-state index contributed by atoms with van der Waals surface area (Å²) in [5, 5.41) is 2.69. The van der Waals surface area contributed by atoms with Crippen LogP contribution in [0.4, 0.5) is 0 Å². The summed E-state index contributed by atoms with van der Waals surface area (Å²) in [6.07, 6.45) is 3.46. The third-order valence-corrected chi connectivity index (χ3v) is 7.08. The maximum Gasteiger partial charge on any atom is 0.267 e. The zero-order valence-corrected chi connectivity index (χ0v) is 15.7. The van der Waals surface area contributed by atoms with Gasteiger partial charge in [-0.25, -0.2) is 8.42 Å². The number of amides is 2. The van der Waals surface area contributed by atoms with Gasteiger partial charge in [0.1, 0.15) is 16.1 Å². The third-order valence-electron chi connectivity index (χ3n) is 3.99. The summed E-state index contributed by atoms with van der Waals surface area (Å²) in [5.74, 6) is -0.263. The molecule has 3 rings (SSSR count). The summed E-state index contributed by atoms with van der Waals surface area (Å²) in [4.78, 5) is 26.6. The molecule has 2 saturated heterocycles. The van der Waals surface area contributed by atoms with E-state index in [0.29, 0.717) is 17.1 Å². The number of furan rings is 1. The van der Waals surface area contributed by atoms with Crippen molar-refractivity contribution in [3.05, 3.63) is 29.1 Å². The number of thioether (sulfide) groups is 1. The van der Waals surface area contributed by atoms with E-state index in [1.165, 1.54) is 11.2 Å². The van der Waals surface area contributed by atoms with Gasteiger partial charge in [-0.3, -0.25) is 14.5 Å². The molecule has 0 spiro atoms. The lowest BCUT2D eigenvalue weighted by atomic mass is 10.2. The van der Waals surface area contributed by atoms with E-state index in [4.69, 9.17) is 16.6 Å². The number of carbonyl (C=O) groups excluding carboxylic acids is 2. The molecular weight excluding hydrogens is 384 g/mol. The Hall–Kier alpha value is -1.65. The van der Waals surface area contributed by atoms with Crippen LogP contribution in [0.25, 0.3) is 6.08 Å². The Kier molecular flexibility index (Phi) is 5.03. The number of carbonyl (C=O) groups is 2. The van der Waals surface area contributed by atoms with Gasteiger partial charge >= 0.3 is 0 Å². The van der Waals surface area contributed by atoms with Gasteiger partial charge in [0.2, 0.25) is 5.91 Å². The predicted octanol–water partition coefficient (Wildman–Crippen LogP) is 1.17. The quantitative estimate of drug-likeness (QED) is 0.599. The van der Waals surface area contributed by atoms with Gasteiger partial charge in [0.25, 0.3) is 5.91 Å². The highest BCUT2D eigenvalue weighted by atomic mass is 32.2. The first-order valence-electron chi connectivity index (χ1n) is 7.58. The minimum Gasteiger partial charge on any atom is -0.465 e. The van der Waals surface area contributed by atoms with Crippen LogP contribution >= 0.6 is 24.0 Å². The number of sulfone groups is 1. The molecule has 7 nitrogen and oxygen atoms in total. The summed E-state index contributed by atoms with van der Waals surface area (Å²) < 4.78 is 28.5. The van der Waals surface area contributed by atoms with Gasteiger partial charge < -0.3 is 9.73 Å². The summed E-state index contributed by atoms with van der Waals surface area (Å²) >= 11 is 6.33. The van der Waals surface area contributed by atoms with E-state index in [2.05, 4.69) is 5.32 Å². The molecular formula is C15H16N2O5S3. The Bertz CT molecular complexity index is 845. The molecule has 2 amide bonds. The van der Waals surface area contributed by atoms with Crippen molar-refractivity contribution in [2.75, 3.05) is 11.5 Å². The maximum absolute atomic E-state index is 12.6. The van der Waals surface area contributed by atoms with Crippen LogP contribution < -0.4 is 5.32 Å². The number of hydrogen-bond donors (Lipinski definition) is 1. The largest absolute Gasteiger partial charge is 0.465 e. The standard InChI is InChI=1S/C15H16N2O5S3/c1-9(13(18)16-10-4-6-25(20,21)8-10)17-14(19)12(24-15(17)23)7-11-3-2-5-22-11/h2-3,5,7,9-10H,4,6,8H2,1H3,(H,16,18)/b12-7-/t9-,10-/m0/s1. The van der Waals surface area contributed by atoms with Crippen LogP contribution in [0, 0.1) is 0 Å². The molecule has 134 valence electrons. The highest BCUT2D eigenvalue weighted by Crippen LogP contribution is 2.34. The Morgan fingerprint density at radius 1 is 1.56 bits per heavy atom. The molecule has 3 heterocycles. The van der Waals surface area contributed by atoms with Crippen molar-refractivity contribution < 1.29 is 22.4 Å². The van der Waals surface area contributed by atoms with E-state index >= 15 is 0 Å². The molecule has 0 aliphatic carbocycles. The lowest BCUT2D eigenvalue weighted by Gasteiger charge is -2.23. The fourth-order valence-electron chi connectivity index (χ4n) is 2.66. The molecule has 10 heteroatoms. The van der Waals surface area contributed by atoms with E-state index < -0.39 is 27.8 Å². The van der Waals surface area contributed by atoms with Crippen molar-refractivity contribution in [1.82, 2.24) is 10.2 Å². The van der Waals surface area contributed by atoms with Crippen molar-refractivity contribution >= 4 is 56.0 Å². The zero-order chi connectivity index (χ0) is 18.2. The molecule has 2 aliphatic heterocycles. The molecule has 1 aromatic heterocycles. The van der Waals surface area contributed by atoms with Crippen molar-refractivity contribution in [3.63, 3.8) is 0 Å². The molecule has 25 heavy (non-hydrogen) atoms. The van der Waals surface area contributed by atoms with E-state index in [9.17, 15) is 18.0 Å². The Morgan fingerprint density at radius 2 is 2.32 bits per heavy atom. The van der Waals surface area contributed by atoms with Gasteiger partial charge in [-0.15, -0.1) is 0 Å². The fraction of sp³-hybridized carbons (Fsp3) is 0.400. The van der Waals surface area contributed by atoms with Gasteiger partial charge in [0.15, 0.2) is 9.84 Å². The van der Waals surface area contributed by atoms with Crippen LogP contribution in [-0.4, -0.2) is 53.0 Å². The number of rotatable bonds is 4. The Balaban J connectivity index is 1.69.